The minimum atomic E-state index is -4.88. The third kappa shape index (κ3) is 5.34. The maximum atomic E-state index is 12.3. The second kappa shape index (κ2) is 7.19. The van der Waals surface area contributed by atoms with Crippen molar-refractivity contribution in [1.29, 1.82) is 0 Å². The Kier molecular flexibility index (Phi) is 5.39. The Labute approximate surface area is 148 Å². The van der Waals surface area contributed by atoms with Gasteiger partial charge in [0.1, 0.15) is 11.4 Å². The standard InChI is InChI=1S/C19H17F3O4/c1-18(2,3)26-17(24)13-6-4-12(5-7-13)14-8-9-16(15(10-14)11-23)25-19(20,21)22/h4-11H,1-3H3. The molecule has 2 rings (SSSR count). The molecule has 0 unspecified atom stereocenters. The van der Waals surface area contributed by atoms with Gasteiger partial charge in [0.25, 0.3) is 0 Å². The van der Waals surface area contributed by atoms with E-state index >= 15 is 0 Å². The van der Waals surface area contributed by atoms with Crippen molar-refractivity contribution in [3.05, 3.63) is 53.6 Å². The van der Waals surface area contributed by atoms with E-state index < -0.39 is 23.7 Å². The third-order valence-corrected chi connectivity index (χ3v) is 3.22. The molecule has 4 nitrogen and oxygen atoms in total. The second-order valence-electron chi connectivity index (χ2n) is 6.50. The van der Waals surface area contributed by atoms with Crippen LogP contribution in [0.25, 0.3) is 11.1 Å². The number of carbonyl (C=O) groups excluding carboxylic acids is 2. The first kappa shape index (κ1) is 19.5. The van der Waals surface area contributed by atoms with E-state index in [1.807, 2.05) is 0 Å². The summed E-state index contributed by atoms with van der Waals surface area (Å²) in [6, 6.07) is 10.1. The molecule has 0 fully saturated rings. The highest BCUT2D eigenvalue weighted by Gasteiger charge is 2.32. The van der Waals surface area contributed by atoms with E-state index in [1.165, 1.54) is 12.1 Å². The zero-order valence-electron chi connectivity index (χ0n) is 14.4. The molecular formula is C19H17F3O4. The van der Waals surface area contributed by atoms with E-state index in [0.717, 1.165) is 6.07 Å². The topological polar surface area (TPSA) is 52.6 Å². The van der Waals surface area contributed by atoms with E-state index in [0.29, 0.717) is 23.0 Å². The molecule has 0 saturated carbocycles. The van der Waals surface area contributed by atoms with Gasteiger partial charge < -0.3 is 9.47 Å². The fourth-order valence-electron chi connectivity index (χ4n) is 2.17. The van der Waals surface area contributed by atoms with Gasteiger partial charge in [-0.2, -0.15) is 0 Å². The number of aldehydes is 1. The average Bonchev–Trinajstić information content (AvgIpc) is 2.52. The molecule has 0 bridgehead atoms. The van der Waals surface area contributed by atoms with E-state index in [-0.39, 0.29) is 5.56 Å². The number of esters is 1. The molecule has 0 saturated heterocycles. The summed E-state index contributed by atoms with van der Waals surface area (Å²) in [5, 5.41) is 0. The molecular weight excluding hydrogens is 349 g/mol. The SMILES string of the molecule is CC(C)(C)OC(=O)c1ccc(-c2ccc(OC(F)(F)F)c(C=O)c2)cc1. The molecule has 0 aliphatic carbocycles. The molecule has 0 atom stereocenters. The van der Waals surface area contributed by atoms with Crippen LogP contribution in [0.5, 0.6) is 5.75 Å². The maximum Gasteiger partial charge on any atom is 0.573 e. The summed E-state index contributed by atoms with van der Waals surface area (Å²) in [4.78, 5) is 23.1. The van der Waals surface area contributed by atoms with Crippen molar-refractivity contribution < 1.29 is 32.2 Å². The molecule has 0 spiro atoms. The van der Waals surface area contributed by atoms with Crippen LogP contribution in [0, 0.1) is 0 Å². The number of carbonyl (C=O) groups is 2. The van der Waals surface area contributed by atoms with Crippen LogP contribution >= 0.6 is 0 Å². The number of halogens is 3. The van der Waals surface area contributed by atoms with Gasteiger partial charge in [-0.1, -0.05) is 18.2 Å². The first-order valence-electron chi connectivity index (χ1n) is 7.67. The van der Waals surface area contributed by atoms with Crippen molar-refractivity contribution in [3.63, 3.8) is 0 Å². The smallest absolute Gasteiger partial charge is 0.456 e. The number of hydrogen-bond donors (Lipinski definition) is 0. The van der Waals surface area contributed by atoms with Crippen LogP contribution in [0.2, 0.25) is 0 Å². The van der Waals surface area contributed by atoms with Crippen molar-refractivity contribution in [1.82, 2.24) is 0 Å². The lowest BCUT2D eigenvalue weighted by Crippen LogP contribution is -2.23. The maximum absolute atomic E-state index is 12.3. The molecule has 138 valence electrons. The molecule has 7 heteroatoms. The lowest BCUT2D eigenvalue weighted by molar-refractivity contribution is -0.274. The van der Waals surface area contributed by atoms with Crippen LogP contribution < -0.4 is 4.74 Å². The molecule has 0 amide bonds. The Hall–Kier alpha value is -2.83. The summed E-state index contributed by atoms with van der Waals surface area (Å²) in [5.74, 6) is -1.05. The van der Waals surface area contributed by atoms with Crippen LogP contribution in [0.4, 0.5) is 13.2 Å². The highest BCUT2D eigenvalue weighted by atomic mass is 19.4. The van der Waals surface area contributed by atoms with Gasteiger partial charge >= 0.3 is 12.3 Å². The fourth-order valence-corrected chi connectivity index (χ4v) is 2.17. The van der Waals surface area contributed by atoms with Gasteiger partial charge in [0.15, 0.2) is 6.29 Å². The number of benzene rings is 2. The number of alkyl halides is 3. The fraction of sp³-hybridized carbons (Fsp3) is 0.263. The van der Waals surface area contributed by atoms with Gasteiger partial charge in [0, 0.05) is 0 Å². The Morgan fingerprint density at radius 2 is 1.54 bits per heavy atom. The third-order valence-electron chi connectivity index (χ3n) is 3.22. The summed E-state index contributed by atoms with van der Waals surface area (Å²) in [6.45, 7) is 5.26. The van der Waals surface area contributed by atoms with Crippen LogP contribution in [0.1, 0.15) is 41.5 Å². The van der Waals surface area contributed by atoms with E-state index in [2.05, 4.69) is 4.74 Å². The molecule has 26 heavy (non-hydrogen) atoms. The molecule has 2 aromatic carbocycles. The molecule has 0 aromatic heterocycles. The zero-order chi connectivity index (χ0) is 19.5. The summed E-state index contributed by atoms with van der Waals surface area (Å²) < 4.78 is 46.1. The van der Waals surface area contributed by atoms with E-state index in [9.17, 15) is 22.8 Å². The highest BCUT2D eigenvalue weighted by molar-refractivity contribution is 5.90. The quantitative estimate of drug-likeness (QED) is 0.563. The first-order valence-corrected chi connectivity index (χ1v) is 7.67. The average molecular weight is 366 g/mol. The zero-order valence-corrected chi connectivity index (χ0v) is 14.4. The van der Waals surface area contributed by atoms with Gasteiger partial charge in [0.05, 0.1) is 11.1 Å². The predicted octanol–water partition coefficient (Wildman–Crippen LogP) is 5.02. The number of rotatable bonds is 4. The summed E-state index contributed by atoms with van der Waals surface area (Å²) >= 11 is 0. The summed E-state index contributed by atoms with van der Waals surface area (Å²) in [6.07, 6.45) is -4.59. The molecule has 0 radical (unpaired) electrons. The molecule has 2 aromatic rings. The minimum absolute atomic E-state index is 0.226. The van der Waals surface area contributed by atoms with Crippen molar-refractivity contribution in [2.24, 2.45) is 0 Å². The lowest BCUT2D eigenvalue weighted by atomic mass is 10.0. The normalized spacial score (nSPS) is 11.8. The number of ether oxygens (including phenoxy) is 2. The predicted molar refractivity (Wildman–Crippen MR) is 89.1 cm³/mol. The molecule has 0 heterocycles. The molecule has 0 aliphatic heterocycles. The van der Waals surface area contributed by atoms with Crippen LogP contribution in [-0.2, 0) is 4.74 Å². The number of hydrogen-bond acceptors (Lipinski definition) is 4. The summed E-state index contributed by atoms with van der Waals surface area (Å²) in [5.41, 5.74) is 0.631. The lowest BCUT2D eigenvalue weighted by Gasteiger charge is -2.19. The largest absolute Gasteiger partial charge is 0.573 e. The first-order chi connectivity index (χ1) is 12.0. The van der Waals surface area contributed by atoms with Gasteiger partial charge in [-0.15, -0.1) is 13.2 Å². The Balaban J connectivity index is 2.26. The van der Waals surface area contributed by atoms with E-state index in [4.69, 9.17) is 4.74 Å². The van der Waals surface area contributed by atoms with Crippen molar-refractivity contribution in [2.75, 3.05) is 0 Å². The van der Waals surface area contributed by atoms with Crippen LogP contribution in [0.15, 0.2) is 42.5 Å². The van der Waals surface area contributed by atoms with E-state index in [1.54, 1.807) is 45.0 Å². The van der Waals surface area contributed by atoms with Crippen molar-refractivity contribution in [2.45, 2.75) is 32.7 Å². The van der Waals surface area contributed by atoms with Gasteiger partial charge in [-0.25, -0.2) is 4.79 Å². The molecule has 0 N–H and O–H groups in total. The van der Waals surface area contributed by atoms with Gasteiger partial charge in [-0.05, 0) is 56.2 Å². The Bertz CT molecular complexity index is 803. The summed E-state index contributed by atoms with van der Waals surface area (Å²) in [7, 11) is 0. The van der Waals surface area contributed by atoms with Gasteiger partial charge in [0.2, 0.25) is 0 Å². The highest BCUT2D eigenvalue weighted by Crippen LogP contribution is 2.30. The molecule has 0 aliphatic rings. The Morgan fingerprint density at radius 3 is 2.04 bits per heavy atom. The van der Waals surface area contributed by atoms with Crippen LogP contribution in [-0.4, -0.2) is 24.2 Å². The van der Waals surface area contributed by atoms with Crippen LogP contribution in [0.3, 0.4) is 0 Å². The monoisotopic (exact) mass is 366 g/mol. The van der Waals surface area contributed by atoms with Gasteiger partial charge in [-0.3, -0.25) is 4.79 Å². The Morgan fingerprint density at radius 1 is 0.962 bits per heavy atom. The second-order valence-corrected chi connectivity index (χ2v) is 6.50. The van der Waals surface area contributed by atoms with Crippen molar-refractivity contribution in [3.8, 4) is 16.9 Å². The van der Waals surface area contributed by atoms with Crippen molar-refractivity contribution >= 4 is 12.3 Å². The minimum Gasteiger partial charge on any atom is -0.456 e.